The molecule has 84 valence electrons. The lowest BCUT2D eigenvalue weighted by Crippen LogP contribution is -2.16. The molecule has 0 saturated carbocycles. The summed E-state index contributed by atoms with van der Waals surface area (Å²) in [6.07, 6.45) is 1.22. The first-order chi connectivity index (χ1) is 6.95. The zero-order chi connectivity index (χ0) is 11.5. The number of benzene rings is 1. The van der Waals surface area contributed by atoms with Gasteiger partial charge in [0.25, 0.3) is 0 Å². The van der Waals surface area contributed by atoms with Gasteiger partial charge >= 0.3 is 0 Å². The fourth-order valence-electron chi connectivity index (χ4n) is 1.30. The molecule has 15 heavy (non-hydrogen) atoms. The van der Waals surface area contributed by atoms with Gasteiger partial charge in [-0.3, -0.25) is 0 Å². The number of hydrogen-bond acceptors (Lipinski definition) is 3. The van der Waals surface area contributed by atoms with Crippen molar-refractivity contribution < 1.29 is 13.2 Å². The molecule has 0 heterocycles. The number of sulfone groups is 1. The molecule has 0 amide bonds. The van der Waals surface area contributed by atoms with Gasteiger partial charge in [0.15, 0.2) is 9.84 Å². The summed E-state index contributed by atoms with van der Waals surface area (Å²) in [6.45, 7) is 0.181. The zero-order valence-electron chi connectivity index (χ0n) is 8.60. The van der Waals surface area contributed by atoms with Crippen molar-refractivity contribution in [2.45, 2.75) is 5.25 Å². The largest absolute Gasteiger partial charge is 0.383 e. The number of rotatable bonds is 4. The summed E-state index contributed by atoms with van der Waals surface area (Å²) in [5, 5.41) is -0.587. The molecular formula is C10H13BrO3S. The molecule has 0 bridgehead atoms. The Morgan fingerprint density at radius 1 is 1.33 bits per heavy atom. The highest BCUT2D eigenvalue weighted by atomic mass is 79.9. The van der Waals surface area contributed by atoms with E-state index in [0.717, 1.165) is 10.0 Å². The molecule has 5 heteroatoms. The lowest BCUT2D eigenvalue weighted by molar-refractivity contribution is 0.197. The van der Waals surface area contributed by atoms with E-state index in [0.29, 0.717) is 0 Å². The average Bonchev–Trinajstić information content (AvgIpc) is 2.14. The van der Waals surface area contributed by atoms with Crippen molar-refractivity contribution in [3.8, 4) is 0 Å². The van der Waals surface area contributed by atoms with Gasteiger partial charge in [0, 0.05) is 17.8 Å². The van der Waals surface area contributed by atoms with E-state index in [4.69, 9.17) is 4.74 Å². The quantitative estimate of drug-likeness (QED) is 0.854. The van der Waals surface area contributed by atoms with Gasteiger partial charge in [-0.1, -0.05) is 28.1 Å². The molecule has 1 atom stereocenters. The molecule has 1 aromatic rings. The smallest absolute Gasteiger partial charge is 0.156 e. The standard InChI is InChI=1S/C10H13BrO3S/c1-14-7-10(15(2,12)13)8-3-5-9(11)6-4-8/h3-6,10H,7H2,1-2H3/t10-/m0/s1. The summed E-state index contributed by atoms with van der Waals surface area (Å²) in [6, 6.07) is 7.22. The molecule has 0 radical (unpaired) electrons. The zero-order valence-corrected chi connectivity index (χ0v) is 11.0. The van der Waals surface area contributed by atoms with Crippen LogP contribution >= 0.6 is 15.9 Å². The third-order valence-electron chi connectivity index (χ3n) is 2.08. The molecule has 0 aromatic heterocycles. The van der Waals surface area contributed by atoms with E-state index in [-0.39, 0.29) is 6.61 Å². The second-order valence-electron chi connectivity index (χ2n) is 3.33. The van der Waals surface area contributed by atoms with Crippen LogP contribution in [0.2, 0.25) is 0 Å². The van der Waals surface area contributed by atoms with E-state index in [1.54, 1.807) is 12.1 Å². The van der Waals surface area contributed by atoms with Crippen molar-refractivity contribution in [3.05, 3.63) is 34.3 Å². The molecule has 0 saturated heterocycles. The van der Waals surface area contributed by atoms with Gasteiger partial charge in [0.1, 0.15) is 5.25 Å². The van der Waals surface area contributed by atoms with Crippen LogP contribution in [0.25, 0.3) is 0 Å². The highest BCUT2D eigenvalue weighted by Gasteiger charge is 2.22. The average molecular weight is 293 g/mol. The molecule has 1 aromatic carbocycles. The van der Waals surface area contributed by atoms with E-state index < -0.39 is 15.1 Å². The van der Waals surface area contributed by atoms with Gasteiger partial charge in [0.2, 0.25) is 0 Å². The topological polar surface area (TPSA) is 43.4 Å². The van der Waals surface area contributed by atoms with E-state index in [9.17, 15) is 8.42 Å². The van der Waals surface area contributed by atoms with Crippen LogP contribution in [0.3, 0.4) is 0 Å². The molecular weight excluding hydrogens is 280 g/mol. The van der Waals surface area contributed by atoms with Crippen molar-refractivity contribution in [1.29, 1.82) is 0 Å². The Balaban J connectivity index is 3.05. The molecule has 0 aliphatic carbocycles. The first-order valence-corrected chi connectivity index (χ1v) is 7.13. The van der Waals surface area contributed by atoms with Gasteiger partial charge in [-0.25, -0.2) is 8.42 Å². The Morgan fingerprint density at radius 3 is 2.27 bits per heavy atom. The van der Waals surface area contributed by atoms with Crippen LogP contribution in [-0.2, 0) is 14.6 Å². The summed E-state index contributed by atoms with van der Waals surface area (Å²) < 4.78 is 28.9. The maximum Gasteiger partial charge on any atom is 0.156 e. The van der Waals surface area contributed by atoms with Crippen LogP contribution < -0.4 is 0 Å². The number of halogens is 1. The predicted molar refractivity (Wildman–Crippen MR) is 63.6 cm³/mol. The third kappa shape index (κ3) is 3.59. The van der Waals surface area contributed by atoms with E-state index in [2.05, 4.69) is 15.9 Å². The number of hydrogen-bond donors (Lipinski definition) is 0. The Morgan fingerprint density at radius 2 is 1.87 bits per heavy atom. The number of ether oxygens (including phenoxy) is 1. The van der Waals surface area contributed by atoms with Crippen LogP contribution in [0.1, 0.15) is 10.8 Å². The second kappa shape index (κ2) is 5.09. The van der Waals surface area contributed by atoms with Gasteiger partial charge in [0.05, 0.1) is 6.61 Å². The minimum atomic E-state index is -3.13. The van der Waals surface area contributed by atoms with Crippen LogP contribution in [0, 0.1) is 0 Å². The molecule has 1 rings (SSSR count). The maximum absolute atomic E-state index is 11.5. The Hall–Kier alpha value is -0.390. The first kappa shape index (κ1) is 12.7. The summed E-state index contributed by atoms with van der Waals surface area (Å²) in [5.74, 6) is 0. The summed E-state index contributed by atoms with van der Waals surface area (Å²) >= 11 is 3.30. The van der Waals surface area contributed by atoms with Gasteiger partial charge in [-0.2, -0.15) is 0 Å². The van der Waals surface area contributed by atoms with Crippen LogP contribution in [0.5, 0.6) is 0 Å². The second-order valence-corrected chi connectivity index (χ2v) is 6.47. The van der Waals surface area contributed by atoms with Gasteiger partial charge in [-0.05, 0) is 17.7 Å². The Labute approximate surface area is 98.5 Å². The summed E-state index contributed by atoms with van der Waals surface area (Å²) in [7, 11) is -1.64. The highest BCUT2D eigenvalue weighted by Crippen LogP contribution is 2.23. The molecule has 0 aliphatic rings. The Bertz CT molecular complexity index is 411. The fraction of sp³-hybridized carbons (Fsp3) is 0.400. The van der Waals surface area contributed by atoms with Crippen molar-refractivity contribution in [2.75, 3.05) is 20.0 Å². The summed E-state index contributed by atoms with van der Waals surface area (Å²) in [4.78, 5) is 0. The first-order valence-electron chi connectivity index (χ1n) is 4.38. The lowest BCUT2D eigenvalue weighted by Gasteiger charge is -2.14. The molecule has 0 unspecified atom stereocenters. The lowest BCUT2D eigenvalue weighted by atomic mass is 10.1. The predicted octanol–water partition coefficient (Wildman–Crippen LogP) is 2.18. The molecule has 3 nitrogen and oxygen atoms in total. The van der Waals surface area contributed by atoms with Crippen LogP contribution in [0.4, 0.5) is 0 Å². The van der Waals surface area contributed by atoms with Crippen molar-refractivity contribution >= 4 is 25.8 Å². The van der Waals surface area contributed by atoms with E-state index >= 15 is 0 Å². The van der Waals surface area contributed by atoms with Crippen LogP contribution in [0.15, 0.2) is 28.7 Å². The van der Waals surface area contributed by atoms with Crippen molar-refractivity contribution in [2.24, 2.45) is 0 Å². The van der Waals surface area contributed by atoms with Gasteiger partial charge in [-0.15, -0.1) is 0 Å². The SMILES string of the molecule is COC[C@@H](c1ccc(Br)cc1)S(C)(=O)=O. The van der Waals surface area contributed by atoms with E-state index in [1.807, 2.05) is 12.1 Å². The maximum atomic E-state index is 11.5. The van der Waals surface area contributed by atoms with Crippen LogP contribution in [-0.4, -0.2) is 28.4 Å². The van der Waals surface area contributed by atoms with Crippen molar-refractivity contribution in [3.63, 3.8) is 0 Å². The van der Waals surface area contributed by atoms with Crippen molar-refractivity contribution in [1.82, 2.24) is 0 Å². The van der Waals surface area contributed by atoms with E-state index in [1.165, 1.54) is 13.4 Å². The highest BCUT2D eigenvalue weighted by molar-refractivity contribution is 9.10. The molecule has 0 fully saturated rings. The number of methoxy groups -OCH3 is 1. The molecule has 0 aliphatic heterocycles. The monoisotopic (exact) mass is 292 g/mol. The summed E-state index contributed by atoms with van der Waals surface area (Å²) in [5.41, 5.74) is 0.752. The third-order valence-corrected chi connectivity index (χ3v) is 4.05. The molecule has 0 N–H and O–H groups in total. The fourth-order valence-corrected chi connectivity index (χ4v) is 2.59. The minimum absolute atomic E-state index is 0.181. The van der Waals surface area contributed by atoms with Gasteiger partial charge < -0.3 is 4.74 Å². The molecule has 0 spiro atoms. The Kier molecular flexibility index (Phi) is 4.31. The minimum Gasteiger partial charge on any atom is -0.383 e. The normalized spacial score (nSPS) is 13.8.